The Labute approximate surface area is 103 Å². The fourth-order valence-corrected chi connectivity index (χ4v) is 2.12. The van der Waals surface area contributed by atoms with Crippen molar-refractivity contribution in [2.45, 2.75) is 19.5 Å². The summed E-state index contributed by atoms with van der Waals surface area (Å²) in [6.45, 7) is 2.31. The molecule has 0 atom stereocenters. The van der Waals surface area contributed by atoms with Gasteiger partial charge in [-0.25, -0.2) is 8.78 Å². The summed E-state index contributed by atoms with van der Waals surface area (Å²) in [7, 11) is 0. The lowest BCUT2D eigenvalue weighted by molar-refractivity contribution is 0.494. The molecular formula is C12H12F2N4. The molecule has 3 rings (SSSR count). The van der Waals surface area contributed by atoms with Gasteiger partial charge in [-0.3, -0.25) is 0 Å². The van der Waals surface area contributed by atoms with Crippen molar-refractivity contribution in [1.82, 2.24) is 20.1 Å². The zero-order valence-corrected chi connectivity index (χ0v) is 9.66. The number of halogens is 2. The van der Waals surface area contributed by atoms with Gasteiger partial charge in [-0.1, -0.05) is 6.07 Å². The molecule has 18 heavy (non-hydrogen) atoms. The summed E-state index contributed by atoms with van der Waals surface area (Å²) >= 11 is 0. The summed E-state index contributed by atoms with van der Waals surface area (Å²) in [5, 5.41) is 11.3. The molecule has 4 nitrogen and oxygen atoms in total. The molecule has 2 heterocycles. The van der Waals surface area contributed by atoms with Crippen LogP contribution >= 0.6 is 0 Å². The maximum atomic E-state index is 13.6. The Bertz CT molecular complexity index is 579. The van der Waals surface area contributed by atoms with E-state index >= 15 is 0 Å². The molecule has 1 aliphatic rings. The SMILES string of the molecule is Fc1ccc(Cc2nnc3n2CCNC3)c(F)c1. The number of benzene rings is 1. The van der Waals surface area contributed by atoms with Crippen molar-refractivity contribution in [3.63, 3.8) is 0 Å². The van der Waals surface area contributed by atoms with Gasteiger partial charge in [-0.05, 0) is 11.6 Å². The number of nitrogens with one attached hydrogen (secondary N) is 1. The van der Waals surface area contributed by atoms with Crippen LogP contribution < -0.4 is 5.32 Å². The van der Waals surface area contributed by atoms with Crippen molar-refractivity contribution < 1.29 is 8.78 Å². The second kappa shape index (κ2) is 4.45. The number of nitrogens with zero attached hydrogens (tertiary/aromatic N) is 3. The number of hydrogen-bond donors (Lipinski definition) is 1. The first-order valence-corrected chi connectivity index (χ1v) is 5.79. The van der Waals surface area contributed by atoms with Crippen LogP contribution in [-0.4, -0.2) is 21.3 Å². The predicted molar refractivity (Wildman–Crippen MR) is 60.9 cm³/mol. The van der Waals surface area contributed by atoms with Gasteiger partial charge in [0.1, 0.15) is 23.3 Å². The molecule has 6 heteroatoms. The van der Waals surface area contributed by atoms with E-state index in [1.54, 1.807) is 0 Å². The molecule has 0 saturated heterocycles. The largest absolute Gasteiger partial charge is 0.312 e. The molecule has 0 radical (unpaired) electrons. The summed E-state index contributed by atoms with van der Waals surface area (Å²) in [5.41, 5.74) is 0.435. The van der Waals surface area contributed by atoms with Crippen LogP contribution in [0.25, 0.3) is 0 Å². The van der Waals surface area contributed by atoms with Crippen LogP contribution in [0.3, 0.4) is 0 Å². The molecule has 1 aromatic heterocycles. The second-order valence-electron chi connectivity index (χ2n) is 4.27. The van der Waals surface area contributed by atoms with Crippen molar-refractivity contribution in [2.75, 3.05) is 6.54 Å². The van der Waals surface area contributed by atoms with Crippen LogP contribution in [0.15, 0.2) is 18.2 Å². The van der Waals surface area contributed by atoms with Gasteiger partial charge in [0.15, 0.2) is 0 Å². The molecule has 0 aliphatic carbocycles. The first-order chi connectivity index (χ1) is 8.74. The maximum absolute atomic E-state index is 13.6. The zero-order chi connectivity index (χ0) is 12.5. The van der Waals surface area contributed by atoms with Crippen molar-refractivity contribution in [3.8, 4) is 0 Å². The van der Waals surface area contributed by atoms with Gasteiger partial charge in [0.2, 0.25) is 0 Å². The van der Waals surface area contributed by atoms with Crippen molar-refractivity contribution >= 4 is 0 Å². The van der Waals surface area contributed by atoms with Gasteiger partial charge in [0.25, 0.3) is 0 Å². The molecule has 0 amide bonds. The van der Waals surface area contributed by atoms with Gasteiger partial charge in [-0.2, -0.15) is 0 Å². The van der Waals surface area contributed by atoms with E-state index in [0.717, 1.165) is 30.8 Å². The van der Waals surface area contributed by atoms with Crippen LogP contribution in [0.2, 0.25) is 0 Å². The summed E-state index contributed by atoms with van der Waals surface area (Å²) in [6.07, 6.45) is 0.332. The van der Waals surface area contributed by atoms with E-state index in [0.29, 0.717) is 18.5 Å². The minimum atomic E-state index is -0.566. The van der Waals surface area contributed by atoms with E-state index < -0.39 is 11.6 Å². The van der Waals surface area contributed by atoms with E-state index in [-0.39, 0.29) is 0 Å². The number of aromatic nitrogens is 3. The Balaban J connectivity index is 1.90. The minimum absolute atomic E-state index is 0.332. The lowest BCUT2D eigenvalue weighted by atomic mass is 10.1. The Morgan fingerprint density at radius 3 is 3.00 bits per heavy atom. The van der Waals surface area contributed by atoms with Crippen LogP contribution in [0.5, 0.6) is 0 Å². The average Bonchev–Trinajstić information content (AvgIpc) is 2.76. The summed E-state index contributed by atoms with van der Waals surface area (Å²) in [4.78, 5) is 0. The number of hydrogen-bond acceptors (Lipinski definition) is 3. The van der Waals surface area contributed by atoms with E-state index in [1.807, 2.05) is 4.57 Å². The van der Waals surface area contributed by atoms with Gasteiger partial charge >= 0.3 is 0 Å². The Kier molecular flexibility index (Phi) is 2.79. The van der Waals surface area contributed by atoms with Gasteiger partial charge in [0.05, 0.1) is 6.54 Å². The maximum Gasteiger partial charge on any atom is 0.147 e. The second-order valence-corrected chi connectivity index (χ2v) is 4.27. The van der Waals surface area contributed by atoms with E-state index in [4.69, 9.17) is 0 Å². The number of rotatable bonds is 2. The molecule has 0 saturated carbocycles. The molecule has 2 aromatic rings. The lowest BCUT2D eigenvalue weighted by Crippen LogP contribution is -2.29. The summed E-state index contributed by atoms with van der Waals surface area (Å²) in [6, 6.07) is 3.60. The van der Waals surface area contributed by atoms with Gasteiger partial charge in [-0.15, -0.1) is 10.2 Å². The normalized spacial score (nSPS) is 14.6. The zero-order valence-electron chi connectivity index (χ0n) is 9.66. The topological polar surface area (TPSA) is 42.7 Å². The molecule has 1 aromatic carbocycles. The van der Waals surface area contributed by atoms with Crippen LogP contribution in [0, 0.1) is 11.6 Å². The summed E-state index contributed by atoms with van der Waals surface area (Å²) < 4.78 is 28.4. The highest BCUT2D eigenvalue weighted by Crippen LogP contribution is 2.15. The first kappa shape index (κ1) is 11.3. The van der Waals surface area contributed by atoms with Gasteiger partial charge in [0, 0.05) is 25.6 Å². The minimum Gasteiger partial charge on any atom is -0.312 e. The van der Waals surface area contributed by atoms with Crippen molar-refractivity contribution in [2.24, 2.45) is 0 Å². The third kappa shape index (κ3) is 1.99. The first-order valence-electron chi connectivity index (χ1n) is 5.79. The van der Waals surface area contributed by atoms with Crippen molar-refractivity contribution in [3.05, 3.63) is 47.0 Å². The molecule has 0 unspecified atom stereocenters. The quantitative estimate of drug-likeness (QED) is 0.872. The fraction of sp³-hybridized carbons (Fsp3) is 0.333. The highest BCUT2D eigenvalue weighted by molar-refractivity contribution is 5.22. The average molecular weight is 250 g/mol. The highest BCUT2D eigenvalue weighted by atomic mass is 19.1. The van der Waals surface area contributed by atoms with Crippen LogP contribution in [0.1, 0.15) is 17.2 Å². The Morgan fingerprint density at radius 2 is 2.17 bits per heavy atom. The Morgan fingerprint density at radius 1 is 1.28 bits per heavy atom. The molecular weight excluding hydrogens is 238 g/mol. The van der Waals surface area contributed by atoms with Gasteiger partial charge < -0.3 is 9.88 Å². The summed E-state index contributed by atoms with van der Waals surface area (Å²) in [5.74, 6) is 0.473. The molecule has 0 bridgehead atoms. The predicted octanol–water partition coefficient (Wildman–Crippen LogP) is 1.25. The molecule has 1 N–H and O–H groups in total. The monoisotopic (exact) mass is 250 g/mol. The Hall–Kier alpha value is -1.82. The molecule has 0 spiro atoms. The van der Waals surface area contributed by atoms with Crippen LogP contribution in [0.4, 0.5) is 8.78 Å². The molecule has 1 aliphatic heterocycles. The van der Waals surface area contributed by atoms with E-state index in [9.17, 15) is 8.78 Å². The number of fused-ring (bicyclic) bond motifs is 1. The molecule has 94 valence electrons. The van der Waals surface area contributed by atoms with Crippen molar-refractivity contribution in [1.29, 1.82) is 0 Å². The van der Waals surface area contributed by atoms with E-state index in [1.165, 1.54) is 12.1 Å². The smallest absolute Gasteiger partial charge is 0.147 e. The third-order valence-corrected chi connectivity index (χ3v) is 3.06. The third-order valence-electron chi connectivity index (χ3n) is 3.06. The fourth-order valence-electron chi connectivity index (χ4n) is 2.12. The molecule has 0 fully saturated rings. The lowest BCUT2D eigenvalue weighted by Gasteiger charge is -2.16. The van der Waals surface area contributed by atoms with E-state index in [2.05, 4.69) is 15.5 Å². The van der Waals surface area contributed by atoms with Crippen LogP contribution in [-0.2, 0) is 19.5 Å². The highest BCUT2D eigenvalue weighted by Gasteiger charge is 2.16. The standard InChI is InChI=1S/C12H12F2N4/c13-9-2-1-8(10(14)6-9)5-11-16-17-12-7-15-3-4-18(11)12/h1-2,6,15H,3-5,7H2.